The maximum Gasteiger partial charge on any atom is 0.373 e. The molecule has 1 aromatic carbocycles. The Hall–Kier alpha value is -2.58. The lowest BCUT2D eigenvalue weighted by atomic mass is 10.3. The number of carboxylic acids is 1. The fourth-order valence-corrected chi connectivity index (χ4v) is 3.88. The van der Waals surface area contributed by atoms with E-state index in [4.69, 9.17) is 9.52 Å². The van der Waals surface area contributed by atoms with Crippen molar-refractivity contribution in [3.63, 3.8) is 0 Å². The fraction of sp³-hybridized carbons (Fsp3) is 0.118. The fourth-order valence-electron chi connectivity index (χ4n) is 2.05. The lowest BCUT2D eigenvalue weighted by molar-refractivity contribution is -0.133. The average Bonchev–Trinajstić information content (AvgIpc) is 3.24. The number of benzene rings is 1. The number of hydrogen-bond acceptors (Lipinski definition) is 7. The SMILES string of the molecule is COC(=O)c1ccc(/C=C(\SCC(=O)O)c2nc3ccccc3s2)o1. The van der Waals surface area contributed by atoms with Crippen molar-refractivity contribution in [2.24, 2.45) is 0 Å². The van der Waals surface area contributed by atoms with Gasteiger partial charge in [-0.1, -0.05) is 12.1 Å². The van der Waals surface area contributed by atoms with Gasteiger partial charge < -0.3 is 14.3 Å². The minimum atomic E-state index is -0.924. The van der Waals surface area contributed by atoms with Crippen LogP contribution in [-0.2, 0) is 9.53 Å². The molecule has 3 aromatic rings. The molecule has 0 atom stereocenters. The van der Waals surface area contributed by atoms with Gasteiger partial charge in [0.15, 0.2) is 0 Å². The van der Waals surface area contributed by atoms with Gasteiger partial charge in [0.1, 0.15) is 10.8 Å². The topological polar surface area (TPSA) is 89.6 Å². The molecular formula is C17H13NO5S2. The number of aromatic nitrogens is 1. The number of carbonyl (C=O) groups is 2. The van der Waals surface area contributed by atoms with Gasteiger partial charge in [0.25, 0.3) is 0 Å². The summed E-state index contributed by atoms with van der Waals surface area (Å²) in [5.41, 5.74) is 0.846. The highest BCUT2D eigenvalue weighted by atomic mass is 32.2. The zero-order chi connectivity index (χ0) is 17.8. The van der Waals surface area contributed by atoms with Gasteiger partial charge in [-0.25, -0.2) is 9.78 Å². The quantitative estimate of drug-likeness (QED) is 0.652. The Bertz CT molecular complexity index is 924. The van der Waals surface area contributed by atoms with Crippen LogP contribution in [0.5, 0.6) is 0 Å². The van der Waals surface area contributed by atoms with Crippen LogP contribution in [0.1, 0.15) is 21.3 Å². The Morgan fingerprint density at radius 1 is 1.32 bits per heavy atom. The Morgan fingerprint density at radius 3 is 2.84 bits per heavy atom. The van der Waals surface area contributed by atoms with E-state index in [9.17, 15) is 9.59 Å². The standard InChI is InChI=1S/C17H13NO5S2/c1-22-17(21)12-7-6-10(23-12)8-14(24-9-15(19)20)16-18-11-4-2-3-5-13(11)25-16/h2-8H,9H2,1H3,(H,19,20)/b14-8-. The summed E-state index contributed by atoms with van der Waals surface area (Å²) in [6.07, 6.45) is 1.68. The van der Waals surface area contributed by atoms with Crippen molar-refractivity contribution >= 4 is 56.2 Å². The molecule has 2 heterocycles. The van der Waals surface area contributed by atoms with Crippen LogP contribution in [0.3, 0.4) is 0 Å². The number of thioether (sulfide) groups is 1. The summed E-state index contributed by atoms with van der Waals surface area (Å²) in [6.45, 7) is 0. The van der Waals surface area contributed by atoms with Crippen molar-refractivity contribution in [1.82, 2.24) is 4.98 Å². The number of nitrogens with zero attached hydrogens (tertiary/aromatic N) is 1. The third kappa shape index (κ3) is 4.09. The molecule has 6 nitrogen and oxygen atoms in total. The second-order valence-corrected chi connectivity index (χ2v) is 6.92. The van der Waals surface area contributed by atoms with Gasteiger partial charge in [0.05, 0.1) is 23.1 Å². The van der Waals surface area contributed by atoms with Crippen LogP contribution < -0.4 is 0 Å². The zero-order valence-corrected chi connectivity index (χ0v) is 14.7. The van der Waals surface area contributed by atoms with Crippen molar-refractivity contribution in [3.05, 3.63) is 52.9 Å². The average molecular weight is 375 g/mol. The second-order valence-electron chi connectivity index (χ2n) is 4.87. The summed E-state index contributed by atoms with van der Waals surface area (Å²) in [4.78, 5) is 27.6. The van der Waals surface area contributed by atoms with Crippen LogP contribution in [0.15, 0.2) is 40.8 Å². The molecule has 3 rings (SSSR count). The van der Waals surface area contributed by atoms with Gasteiger partial charge in [-0.2, -0.15) is 0 Å². The minimum absolute atomic E-state index is 0.0839. The first-order valence-corrected chi connectivity index (χ1v) is 8.97. The van der Waals surface area contributed by atoms with Crippen molar-refractivity contribution in [3.8, 4) is 0 Å². The smallest absolute Gasteiger partial charge is 0.373 e. The third-order valence-corrected chi connectivity index (χ3v) is 5.35. The van der Waals surface area contributed by atoms with Crippen LogP contribution in [0.25, 0.3) is 21.2 Å². The number of fused-ring (bicyclic) bond motifs is 1. The monoisotopic (exact) mass is 375 g/mol. The number of ether oxygens (including phenoxy) is 1. The van der Waals surface area contributed by atoms with E-state index in [1.807, 2.05) is 24.3 Å². The van der Waals surface area contributed by atoms with E-state index >= 15 is 0 Å². The summed E-state index contributed by atoms with van der Waals surface area (Å²) in [7, 11) is 1.27. The first-order chi connectivity index (χ1) is 12.1. The molecule has 128 valence electrons. The van der Waals surface area contributed by atoms with Crippen molar-refractivity contribution in [2.75, 3.05) is 12.9 Å². The number of furan rings is 1. The van der Waals surface area contributed by atoms with E-state index in [-0.39, 0.29) is 11.5 Å². The van der Waals surface area contributed by atoms with Crippen molar-refractivity contribution in [1.29, 1.82) is 0 Å². The summed E-state index contributed by atoms with van der Waals surface area (Å²) < 4.78 is 11.1. The molecule has 0 saturated heterocycles. The maximum absolute atomic E-state index is 11.5. The van der Waals surface area contributed by atoms with E-state index in [0.29, 0.717) is 15.7 Å². The number of carboxylic acid groups (broad SMARTS) is 1. The molecule has 25 heavy (non-hydrogen) atoms. The maximum atomic E-state index is 11.5. The van der Waals surface area contributed by atoms with Gasteiger partial charge in [0, 0.05) is 4.91 Å². The van der Waals surface area contributed by atoms with Crippen LogP contribution in [0, 0.1) is 0 Å². The molecule has 0 aliphatic heterocycles. The van der Waals surface area contributed by atoms with E-state index in [1.54, 1.807) is 12.1 Å². The molecule has 8 heteroatoms. The molecule has 0 fully saturated rings. The number of aliphatic carboxylic acids is 1. The number of methoxy groups -OCH3 is 1. The highest BCUT2D eigenvalue weighted by Gasteiger charge is 2.14. The third-order valence-electron chi connectivity index (χ3n) is 3.14. The van der Waals surface area contributed by atoms with Gasteiger partial charge in [-0.15, -0.1) is 23.1 Å². The molecule has 0 unspecified atom stereocenters. The summed E-state index contributed by atoms with van der Waals surface area (Å²) in [5, 5.41) is 9.67. The molecule has 0 spiro atoms. The molecule has 0 bridgehead atoms. The van der Waals surface area contributed by atoms with Crippen LogP contribution in [-0.4, -0.2) is 34.9 Å². The lowest BCUT2D eigenvalue weighted by Crippen LogP contribution is -1.98. The Morgan fingerprint density at radius 2 is 2.12 bits per heavy atom. The van der Waals surface area contributed by atoms with E-state index in [2.05, 4.69) is 9.72 Å². The van der Waals surface area contributed by atoms with E-state index in [1.165, 1.54) is 24.5 Å². The Balaban J connectivity index is 1.97. The number of para-hydroxylation sites is 1. The van der Waals surface area contributed by atoms with E-state index < -0.39 is 11.9 Å². The number of esters is 1. The van der Waals surface area contributed by atoms with Crippen LogP contribution in [0.4, 0.5) is 0 Å². The van der Waals surface area contributed by atoms with Crippen molar-refractivity contribution < 1.29 is 23.8 Å². The zero-order valence-electron chi connectivity index (χ0n) is 13.1. The highest BCUT2D eigenvalue weighted by Crippen LogP contribution is 2.35. The number of hydrogen-bond donors (Lipinski definition) is 1. The minimum Gasteiger partial charge on any atom is -0.481 e. The number of rotatable bonds is 6. The summed E-state index contributed by atoms with van der Waals surface area (Å²) in [5.74, 6) is -1.09. The predicted octanol–water partition coefficient (Wildman–Crippen LogP) is 3.99. The van der Waals surface area contributed by atoms with Gasteiger partial charge in [-0.3, -0.25) is 4.79 Å². The predicted molar refractivity (Wildman–Crippen MR) is 97.6 cm³/mol. The van der Waals surface area contributed by atoms with Crippen LogP contribution >= 0.6 is 23.1 Å². The molecule has 0 radical (unpaired) electrons. The molecule has 0 aliphatic carbocycles. The number of carbonyl (C=O) groups excluding carboxylic acids is 1. The van der Waals surface area contributed by atoms with Crippen LogP contribution in [0.2, 0.25) is 0 Å². The lowest BCUT2D eigenvalue weighted by Gasteiger charge is -2.01. The van der Waals surface area contributed by atoms with Gasteiger partial charge >= 0.3 is 11.9 Å². The first-order valence-electron chi connectivity index (χ1n) is 7.17. The normalized spacial score (nSPS) is 11.6. The Labute approximate surface area is 151 Å². The van der Waals surface area contributed by atoms with Crippen molar-refractivity contribution in [2.45, 2.75) is 0 Å². The van der Waals surface area contributed by atoms with Gasteiger partial charge in [0.2, 0.25) is 5.76 Å². The first kappa shape index (κ1) is 17.2. The second kappa shape index (κ2) is 7.54. The molecular weight excluding hydrogens is 362 g/mol. The molecule has 0 saturated carbocycles. The largest absolute Gasteiger partial charge is 0.481 e. The molecule has 0 amide bonds. The molecule has 0 aliphatic rings. The van der Waals surface area contributed by atoms with Gasteiger partial charge in [-0.05, 0) is 30.3 Å². The Kier molecular flexibility index (Phi) is 5.20. The van der Waals surface area contributed by atoms with E-state index in [0.717, 1.165) is 22.0 Å². The number of thiazole rings is 1. The molecule has 1 N–H and O–H groups in total. The highest BCUT2D eigenvalue weighted by molar-refractivity contribution is 8.09. The summed E-state index contributed by atoms with van der Waals surface area (Å²) >= 11 is 2.62. The molecule has 2 aromatic heterocycles. The summed E-state index contributed by atoms with van der Waals surface area (Å²) in [6, 6.07) is 10.8.